The van der Waals surface area contributed by atoms with E-state index in [0.717, 1.165) is 31.5 Å². The summed E-state index contributed by atoms with van der Waals surface area (Å²) in [7, 11) is -1.48. The van der Waals surface area contributed by atoms with Gasteiger partial charge in [-0.25, -0.2) is 19.2 Å². The zero-order chi connectivity index (χ0) is 24.7. The van der Waals surface area contributed by atoms with E-state index in [9.17, 15) is 4.21 Å². The highest BCUT2D eigenvalue weighted by Crippen LogP contribution is 2.31. The molecule has 184 valence electrons. The number of hydrogen-bond donors (Lipinski definition) is 3. The average Bonchev–Trinajstić information content (AvgIpc) is 2.91. The SMILES string of the molecule is O=S(Nc1ccc(Oc2ncccc2-c2ccnc(NC3CCCNC3)n2)cc1)c1ccccc1Cl. The summed E-state index contributed by atoms with van der Waals surface area (Å²) < 4.78 is 21.7. The molecule has 1 aliphatic rings. The van der Waals surface area contributed by atoms with Crippen molar-refractivity contribution in [1.29, 1.82) is 0 Å². The minimum atomic E-state index is -1.48. The Bertz CT molecular complexity index is 1350. The Morgan fingerprint density at radius 3 is 2.67 bits per heavy atom. The predicted molar refractivity (Wildman–Crippen MR) is 143 cm³/mol. The topological polar surface area (TPSA) is 101 Å². The third-order valence-electron chi connectivity index (χ3n) is 5.65. The first kappa shape index (κ1) is 24.2. The molecule has 36 heavy (non-hydrogen) atoms. The van der Waals surface area contributed by atoms with Crippen molar-refractivity contribution >= 4 is 34.2 Å². The van der Waals surface area contributed by atoms with Gasteiger partial charge in [0.15, 0.2) is 11.0 Å². The number of hydrogen-bond acceptors (Lipinski definition) is 7. The molecule has 2 unspecified atom stereocenters. The van der Waals surface area contributed by atoms with Crippen LogP contribution in [0.5, 0.6) is 11.6 Å². The molecule has 0 radical (unpaired) electrons. The zero-order valence-electron chi connectivity index (χ0n) is 19.4. The van der Waals surface area contributed by atoms with Crippen molar-refractivity contribution in [2.24, 2.45) is 0 Å². The van der Waals surface area contributed by atoms with Crippen molar-refractivity contribution in [3.8, 4) is 22.9 Å². The van der Waals surface area contributed by atoms with Gasteiger partial charge in [0.2, 0.25) is 11.8 Å². The molecule has 3 heterocycles. The lowest BCUT2D eigenvalue weighted by Crippen LogP contribution is -2.38. The fourth-order valence-corrected chi connectivity index (χ4v) is 5.12. The summed E-state index contributed by atoms with van der Waals surface area (Å²) in [6, 6.07) is 20.1. The van der Waals surface area contributed by atoms with E-state index in [0.29, 0.717) is 44.9 Å². The highest BCUT2D eigenvalue weighted by Gasteiger charge is 2.16. The molecule has 0 aliphatic carbocycles. The third-order valence-corrected chi connectivity index (χ3v) is 7.27. The van der Waals surface area contributed by atoms with E-state index >= 15 is 0 Å². The van der Waals surface area contributed by atoms with Crippen LogP contribution in [0.2, 0.25) is 5.02 Å². The Morgan fingerprint density at radius 2 is 1.86 bits per heavy atom. The first-order valence-corrected chi connectivity index (χ1v) is 13.1. The van der Waals surface area contributed by atoms with Gasteiger partial charge in [0.05, 0.1) is 21.2 Å². The quantitative estimate of drug-likeness (QED) is 0.290. The van der Waals surface area contributed by atoms with Gasteiger partial charge in [0.1, 0.15) is 5.75 Å². The normalized spacial score (nSPS) is 16.2. The van der Waals surface area contributed by atoms with Crippen LogP contribution in [0.3, 0.4) is 0 Å². The fourth-order valence-electron chi connectivity index (χ4n) is 3.86. The average molecular weight is 521 g/mol. The van der Waals surface area contributed by atoms with Crippen LogP contribution < -0.4 is 20.1 Å². The third kappa shape index (κ3) is 5.99. The first-order valence-electron chi connectivity index (χ1n) is 11.6. The number of piperidine rings is 1. The summed E-state index contributed by atoms with van der Waals surface area (Å²) in [5.41, 5.74) is 2.14. The summed E-state index contributed by atoms with van der Waals surface area (Å²) in [6.07, 6.45) is 5.62. The Morgan fingerprint density at radius 1 is 1.00 bits per heavy atom. The van der Waals surface area contributed by atoms with Gasteiger partial charge < -0.3 is 20.1 Å². The minimum absolute atomic E-state index is 0.304. The van der Waals surface area contributed by atoms with Gasteiger partial charge in [-0.15, -0.1) is 0 Å². The van der Waals surface area contributed by atoms with Crippen LogP contribution in [0.1, 0.15) is 12.8 Å². The highest BCUT2D eigenvalue weighted by atomic mass is 35.5. The Hall–Kier alpha value is -3.53. The fraction of sp³-hybridized carbons (Fsp3) is 0.192. The standard InChI is InChI=1S/C26H25ClN6O2S/c27-22-7-1-2-8-24(22)36(34)33-18-9-11-20(12-10-18)35-25-21(6-4-15-29-25)23-13-16-30-26(32-23)31-19-5-3-14-28-17-19/h1-2,4,6-13,15-16,19,28,33H,3,5,14,17H2,(H,30,31,32). The van der Waals surface area contributed by atoms with E-state index in [1.165, 1.54) is 0 Å². The van der Waals surface area contributed by atoms with Gasteiger partial charge in [-0.2, -0.15) is 0 Å². The maximum atomic E-state index is 12.6. The number of rotatable bonds is 8. The number of anilines is 2. The van der Waals surface area contributed by atoms with E-state index < -0.39 is 11.0 Å². The number of pyridine rings is 1. The second-order valence-electron chi connectivity index (χ2n) is 8.24. The number of nitrogens with one attached hydrogen (secondary N) is 3. The van der Waals surface area contributed by atoms with Crippen molar-refractivity contribution in [1.82, 2.24) is 20.3 Å². The molecule has 1 saturated heterocycles. The Balaban J connectivity index is 1.29. The summed E-state index contributed by atoms with van der Waals surface area (Å²) in [5.74, 6) is 1.60. The molecule has 2 aromatic heterocycles. The maximum Gasteiger partial charge on any atom is 0.228 e. The van der Waals surface area contributed by atoms with Crippen molar-refractivity contribution in [3.63, 3.8) is 0 Å². The van der Waals surface area contributed by atoms with Gasteiger partial charge in [-0.05, 0) is 74.0 Å². The van der Waals surface area contributed by atoms with E-state index in [1.54, 1.807) is 60.9 Å². The van der Waals surface area contributed by atoms with Gasteiger partial charge >= 0.3 is 0 Å². The molecule has 10 heteroatoms. The molecular weight excluding hydrogens is 496 g/mol. The number of aromatic nitrogens is 3. The van der Waals surface area contributed by atoms with Crippen LogP contribution in [-0.2, 0) is 11.0 Å². The van der Waals surface area contributed by atoms with Crippen LogP contribution in [0.25, 0.3) is 11.3 Å². The molecule has 5 rings (SSSR count). The number of benzene rings is 2. The first-order chi connectivity index (χ1) is 17.7. The molecular formula is C26H25ClN6O2S. The lowest BCUT2D eigenvalue weighted by Gasteiger charge is -2.23. The van der Waals surface area contributed by atoms with Gasteiger partial charge in [-0.3, -0.25) is 0 Å². The van der Waals surface area contributed by atoms with Crippen molar-refractivity contribution < 1.29 is 8.95 Å². The van der Waals surface area contributed by atoms with Crippen LogP contribution in [0.4, 0.5) is 11.6 Å². The zero-order valence-corrected chi connectivity index (χ0v) is 20.9. The lowest BCUT2D eigenvalue weighted by molar-refractivity contribution is 0.465. The lowest BCUT2D eigenvalue weighted by atomic mass is 10.1. The maximum absolute atomic E-state index is 12.6. The Kier molecular flexibility index (Phi) is 7.70. The summed E-state index contributed by atoms with van der Waals surface area (Å²) in [5, 5.41) is 7.25. The molecule has 0 saturated carbocycles. The van der Waals surface area contributed by atoms with Crippen LogP contribution >= 0.6 is 11.6 Å². The largest absolute Gasteiger partial charge is 0.438 e. The summed E-state index contributed by atoms with van der Waals surface area (Å²) >= 11 is 6.15. The van der Waals surface area contributed by atoms with E-state index in [4.69, 9.17) is 21.3 Å². The second-order valence-corrected chi connectivity index (χ2v) is 9.83. The molecule has 3 N–H and O–H groups in total. The van der Waals surface area contributed by atoms with E-state index in [-0.39, 0.29) is 0 Å². The highest BCUT2D eigenvalue weighted by molar-refractivity contribution is 7.86. The van der Waals surface area contributed by atoms with Gasteiger partial charge in [-0.1, -0.05) is 23.7 Å². The molecule has 0 amide bonds. The van der Waals surface area contributed by atoms with Crippen molar-refractivity contribution in [2.75, 3.05) is 23.1 Å². The van der Waals surface area contributed by atoms with E-state index in [2.05, 4.69) is 25.3 Å². The van der Waals surface area contributed by atoms with Crippen LogP contribution in [0, 0.1) is 0 Å². The molecule has 0 bridgehead atoms. The molecule has 8 nitrogen and oxygen atoms in total. The monoisotopic (exact) mass is 520 g/mol. The van der Waals surface area contributed by atoms with Gasteiger partial charge in [0.25, 0.3) is 0 Å². The second kappa shape index (κ2) is 11.5. The molecule has 1 aliphatic heterocycles. The predicted octanol–water partition coefficient (Wildman–Crippen LogP) is 5.28. The number of halogens is 1. The summed E-state index contributed by atoms with van der Waals surface area (Å²) in [6.45, 7) is 1.94. The van der Waals surface area contributed by atoms with Crippen LogP contribution in [0.15, 0.2) is 84.0 Å². The number of nitrogens with zero attached hydrogens (tertiary/aromatic N) is 3. The number of ether oxygens (including phenoxy) is 1. The summed E-state index contributed by atoms with van der Waals surface area (Å²) in [4.78, 5) is 14.0. The van der Waals surface area contributed by atoms with Gasteiger partial charge in [0, 0.05) is 30.7 Å². The minimum Gasteiger partial charge on any atom is -0.438 e. The van der Waals surface area contributed by atoms with E-state index in [1.807, 2.05) is 18.2 Å². The molecule has 2 atom stereocenters. The molecule has 1 fully saturated rings. The molecule has 2 aromatic carbocycles. The van der Waals surface area contributed by atoms with Crippen molar-refractivity contribution in [2.45, 2.75) is 23.8 Å². The van der Waals surface area contributed by atoms with Crippen LogP contribution in [-0.4, -0.2) is 38.3 Å². The Labute approximate surface area is 217 Å². The smallest absolute Gasteiger partial charge is 0.228 e. The molecule has 0 spiro atoms. The van der Waals surface area contributed by atoms with Crippen molar-refractivity contribution in [3.05, 3.63) is 84.1 Å². The molecule has 4 aromatic rings.